The lowest BCUT2D eigenvalue weighted by molar-refractivity contribution is 0.405. The fourth-order valence-electron chi connectivity index (χ4n) is 1.13. The van der Waals surface area contributed by atoms with Crippen molar-refractivity contribution < 1.29 is 14.4 Å². The first-order valence-electron chi connectivity index (χ1n) is 3.99. The second-order valence-corrected chi connectivity index (χ2v) is 3.11. The molecule has 2 aromatic rings. The fourth-order valence-corrected chi connectivity index (χ4v) is 1.13. The molecular weight excluding hydrogens is 199 g/mol. The predicted molar refractivity (Wildman–Crippen MR) is 56.0 cm³/mol. The summed E-state index contributed by atoms with van der Waals surface area (Å²) in [4.78, 5) is 14.2. The van der Waals surface area contributed by atoms with Gasteiger partial charge in [0.25, 0.3) is 0 Å². The number of rotatable bonds is 0. The molecule has 0 atom stereocenters. The molecule has 0 bridgehead atoms. The van der Waals surface area contributed by atoms with Crippen molar-refractivity contribution in [2.24, 2.45) is 0 Å². The van der Waals surface area contributed by atoms with Crippen LogP contribution in [0.4, 0.5) is 0 Å². The Morgan fingerprint density at radius 3 is 1.21 bits per heavy atom. The molecule has 0 aliphatic heterocycles. The van der Waals surface area contributed by atoms with Gasteiger partial charge in [-0.2, -0.15) is 0 Å². The van der Waals surface area contributed by atoms with E-state index in [2.05, 4.69) is 48.5 Å². The average molecular weight is 209 g/mol. The minimum absolute atomic E-state index is 1.31. The van der Waals surface area contributed by atoms with Crippen molar-refractivity contribution in [2.45, 2.75) is 0 Å². The van der Waals surface area contributed by atoms with Crippen LogP contribution in [-0.2, 0) is 4.57 Å². The lowest BCUT2D eigenvalue weighted by atomic mass is 10.1. The summed E-state index contributed by atoms with van der Waals surface area (Å²) >= 11 is 0. The molecule has 2 aromatic carbocycles. The van der Waals surface area contributed by atoms with Crippen molar-refractivity contribution in [3.63, 3.8) is 0 Å². The van der Waals surface area contributed by atoms with Gasteiger partial charge in [-0.1, -0.05) is 48.5 Å². The van der Waals surface area contributed by atoms with E-state index < -0.39 is 8.25 Å². The lowest BCUT2D eigenvalue weighted by Gasteiger charge is -1.92. The zero-order valence-electron chi connectivity index (χ0n) is 7.37. The zero-order chi connectivity index (χ0) is 10.4. The molecule has 0 saturated heterocycles. The Morgan fingerprint density at radius 1 is 0.786 bits per heavy atom. The maximum atomic E-state index is 8.70. The Balaban J connectivity index is 0.000000213. The van der Waals surface area contributed by atoms with E-state index in [9.17, 15) is 0 Å². The van der Waals surface area contributed by atoms with Crippen molar-refractivity contribution in [2.75, 3.05) is 0 Å². The van der Waals surface area contributed by atoms with Crippen molar-refractivity contribution in [3.05, 3.63) is 48.5 Å². The summed E-state index contributed by atoms with van der Waals surface area (Å²) in [5.74, 6) is 0. The van der Waals surface area contributed by atoms with E-state index in [-0.39, 0.29) is 0 Å². The fraction of sp³-hybridized carbons (Fsp3) is 0. The first-order valence-corrected chi connectivity index (χ1v) is 5.15. The molecule has 0 amide bonds. The minimum Gasteiger partial charge on any atom is -0.134 e. The quantitative estimate of drug-likeness (QED) is 0.655. The van der Waals surface area contributed by atoms with Gasteiger partial charge in [-0.25, -0.2) is 0 Å². The minimum atomic E-state index is -2.87. The van der Waals surface area contributed by atoms with Crippen molar-refractivity contribution in [1.82, 2.24) is 0 Å². The van der Waals surface area contributed by atoms with Crippen LogP contribution in [0.1, 0.15) is 0 Å². The van der Waals surface area contributed by atoms with Gasteiger partial charge in [-0.3, -0.25) is 0 Å². The Kier molecular flexibility index (Phi) is 4.20. The Bertz CT molecular complexity index is 359. The first kappa shape index (κ1) is 10.8. The normalized spacial score (nSPS) is 9.00. The van der Waals surface area contributed by atoms with E-state index in [0.29, 0.717) is 0 Å². The first-order chi connectivity index (χ1) is 6.70. The molecule has 0 aromatic heterocycles. The van der Waals surface area contributed by atoms with Gasteiger partial charge in [-0.15, -0.1) is 9.79 Å². The van der Waals surface area contributed by atoms with Gasteiger partial charge in [0, 0.05) is 4.57 Å². The maximum Gasteiger partial charge on any atom is 0.692 e. The molecule has 0 heterocycles. The molecule has 2 N–H and O–H groups in total. The molecule has 0 radical (unpaired) electrons. The third-order valence-corrected chi connectivity index (χ3v) is 1.66. The summed E-state index contributed by atoms with van der Waals surface area (Å²) in [6.07, 6.45) is 0. The van der Waals surface area contributed by atoms with E-state index >= 15 is 0 Å². The van der Waals surface area contributed by atoms with Crippen LogP contribution >= 0.6 is 8.25 Å². The molecule has 0 saturated carbocycles. The van der Waals surface area contributed by atoms with Gasteiger partial charge in [-0.05, 0) is 10.8 Å². The van der Waals surface area contributed by atoms with E-state index in [1.807, 2.05) is 0 Å². The Labute approximate surface area is 82.6 Å². The van der Waals surface area contributed by atoms with Crippen molar-refractivity contribution >= 4 is 19.0 Å². The molecule has 4 heteroatoms. The Morgan fingerprint density at radius 2 is 1.00 bits per heavy atom. The number of hydrogen-bond acceptors (Lipinski definition) is 1. The standard InChI is InChI=1S/C10H8.HO3P/c1-2-6-10-8-4-3-7-9(10)5-1;1-4(2)3/h1-8H;(H-,1,2,3)/p+1. The monoisotopic (exact) mass is 209 g/mol. The van der Waals surface area contributed by atoms with Gasteiger partial charge in [0.15, 0.2) is 0 Å². The molecule has 0 aliphatic rings. The largest absolute Gasteiger partial charge is 0.692 e. The Hall–Kier alpha value is -1.28. The number of fused-ring (bicyclic) bond motifs is 1. The average Bonchev–Trinajstić information content (AvgIpc) is 2.17. The van der Waals surface area contributed by atoms with Crippen molar-refractivity contribution in [1.29, 1.82) is 0 Å². The van der Waals surface area contributed by atoms with Crippen LogP contribution in [0.15, 0.2) is 48.5 Å². The van der Waals surface area contributed by atoms with Gasteiger partial charge in [0.1, 0.15) is 0 Å². The highest BCUT2D eigenvalue weighted by molar-refractivity contribution is 7.30. The summed E-state index contributed by atoms with van der Waals surface area (Å²) in [6, 6.07) is 16.7. The third kappa shape index (κ3) is 3.62. The molecule has 0 unspecified atom stereocenters. The van der Waals surface area contributed by atoms with Crippen LogP contribution in [0.3, 0.4) is 0 Å². The second kappa shape index (κ2) is 5.45. The van der Waals surface area contributed by atoms with E-state index in [1.165, 1.54) is 10.8 Å². The van der Waals surface area contributed by atoms with Crippen LogP contribution in [0.2, 0.25) is 0 Å². The zero-order valence-corrected chi connectivity index (χ0v) is 8.26. The van der Waals surface area contributed by atoms with Gasteiger partial charge in [0.2, 0.25) is 0 Å². The highest BCUT2D eigenvalue weighted by Gasteiger charge is 1.93. The smallest absolute Gasteiger partial charge is 0.134 e. The van der Waals surface area contributed by atoms with Gasteiger partial charge in [0.05, 0.1) is 0 Å². The highest BCUT2D eigenvalue weighted by Crippen LogP contribution is 2.11. The summed E-state index contributed by atoms with van der Waals surface area (Å²) in [6.45, 7) is 0. The molecule has 72 valence electrons. The van der Waals surface area contributed by atoms with E-state index in [4.69, 9.17) is 14.4 Å². The summed E-state index contributed by atoms with van der Waals surface area (Å²) in [5, 5.41) is 2.62. The lowest BCUT2D eigenvalue weighted by Crippen LogP contribution is -1.67. The predicted octanol–water partition coefficient (Wildman–Crippen LogP) is 2.47. The van der Waals surface area contributed by atoms with Gasteiger partial charge < -0.3 is 0 Å². The van der Waals surface area contributed by atoms with E-state index in [1.54, 1.807) is 0 Å². The van der Waals surface area contributed by atoms with Crippen LogP contribution in [0.25, 0.3) is 10.8 Å². The maximum absolute atomic E-state index is 8.70. The van der Waals surface area contributed by atoms with Crippen LogP contribution in [0, 0.1) is 0 Å². The molecule has 2 rings (SSSR count). The van der Waals surface area contributed by atoms with Crippen LogP contribution < -0.4 is 0 Å². The summed E-state index contributed by atoms with van der Waals surface area (Å²) in [5.41, 5.74) is 0. The molecule has 0 aliphatic carbocycles. The molecule has 3 nitrogen and oxygen atoms in total. The molecule has 14 heavy (non-hydrogen) atoms. The summed E-state index contributed by atoms with van der Waals surface area (Å²) < 4.78 is 8.70. The van der Waals surface area contributed by atoms with E-state index in [0.717, 1.165) is 0 Å². The van der Waals surface area contributed by atoms with Crippen molar-refractivity contribution in [3.8, 4) is 0 Å². The number of hydrogen-bond donors (Lipinski definition) is 2. The molecule has 0 spiro atoms. The topological polar surface area (TPSA) is 57.5 Å². The summed E-state index contributed by atoms with van der Waals surface area (Å²) in [7, 11) is -2.87. The SMILES string of the molecule is O=[P+](O)O.c1ccc2ccccc2c1. The third-order valence-electron chi connectivity index (χ3n) is 1.66. The van der Waals surface area contributed by atoms with Crippen LogP contribution in [-0.4, -0.2) is 9.79 Å². The van der Waals surface area contributed by atoms with Gasteiger partial charge >= 0.3 is 8.25 Å². The highest BCUT2D eigenvalue weighted by atomic mass is 31.1. The second-order valence-electron chi connectivity index (χ2n) is 2.60. The molecular formula is C10H10O3P+. The van der Waals surface area contributed by atoms with Crippen LogP contribution in [0.5, 0.6) is 0 Å². The number of benzene rings is 2. The molecule has 0 fully saturated rings.